The van der Waals surface area contributed by atoms with E-state index in [1.54, 1.807) is 11.8 Å². The minimum Gasteiger partial charge on any atom is -0.277 e. The topological polar surface area (TPSA) is 58.5 Å². The largest absolute Gasteiger partial charge is 0.277 e. The Labute approximate surface area is 138 Å². The van der Waals surface area contributed by atoms with Crippen LogP contribution >= 0.6 is 11.8 Å². The molecular formula is C16H15FN2O2S2. The molecule has 0 aromatic heterocycles. The summed E-state index contributed by atoms with van der Waals surface area (Å²) in [6.07, 6.45) is 0. The fourth-order valence-corrected chi connectivity index (χ4v) is 4.03. The summed E-state index contributed by atoms with van der Waals surface area (Å²) in [5.74, 6) is 0.543. The first kappa shape index (κ1) is 16.2. The maximum Gasteiger partial charge on any atom is 0.240 e. The maximum absolute atomic E-state index is 12.9. The molecule has 0 amide bonds. The number of nitrogens with one attached hydrogen (secondary N) is 1. The summed E-state index contributed by atoms with van der Waals surface area (Å²) in [6.45, 7) is 1.03. The smallest absolute Gasteiger partial charge is 0.240 e. The van der Waals surface area contributed by atoms with Gasteiger partial charge in [-0.1, -0.05) is 24.3 Å². The molecule has 7 heteroatoms. The van der Waals surface area contributed by atoms with Crippen molar-refractivity contribution < 1.29 is 12.8 Å². The van der Waals surface area contributed by atoms with Gasteiger partial charge in [-0.25, -0.2) is 17.5 Å². The van der Waals surface area contributed by atoms with Gasteiger partial charge in [0.25, 0.3) is 0 Å². The SMILES string of the molecule is O=S(=O)(NCc1ccc(C2=NCCS2)cc1)c1ccc(F)cc1. The normalized spacial score (nSPS) is 14.7. The summed E-state index contributed by atoms with van der Waals surface area (Å²) in [4.78, 5) is 4.45. The number of hydrogen-bond donors (Lipinski definition) is 1. The van der Waals surface area contributed by atoms with Crippen LogP contribution in [0, 0.1) is 5.82 Å². The summed E-state index contributed by atoms with van der Waals surface area (Å²) in [5.41, 5.74) is 1.90. The highest BCUT2D eigenvalue weighted by Crippen LogP contribution is 2.19. The van der Waals surface area contributed by atoms with Gasteiger partial charge in [0.1, 0.15) is 5.82 Å². The number of benzene rings is 2. The van der Waals surface area contributed by atoms with Crippen LogP contribution in [0.2, 0.25) is 0 Å². The van der Waals surface area contributed by atoms with E-state index in [0.717, 1.165) is 40.6 Å². The minimum absolute atomic E-state index is 0.0484. The Hall–Kier alpha value is -1.70. The van der Waals surface area contributed by atoms with Gasteiger partial charge in [0.2, 0.25) is 10.0 Å². The van der Waals surface area contributed by atoms with Crippen LogP contribution in [0.4, 0.5) is 4.39 Å². The molecule has 1 aliphatic rings. The van der Waals surface area contributed by atoms with E-state index in [9.17, 15) is 12.8 Å². The Balaban J connectivity index is 1.66. The van der Waals surface area contributed by atoms with E-state index in [0.29, 0.717) is 0 Å². The maximum atomic E-state index is 12.9. The van der Waals surface area contributed by atoms with Crippen molar-refractivity contribution in [3.8, 4) is 0 Å². The van der Waals surface area contributed by atoms with Crippen molar-refractivity contribution in [3.63, 3.8) is 0 Å². The Kier molecular flexibility index (Phi) is 4.79. The van der Waals surface area contributed by atoms with Crippen molar-refractivity contribution in [2.24, 2.45) is 4.99 Å². The zero-order valence-corrected chi connectivity index (χ0v) is 13.8. The highest BCUT2D eigenvalue weighted by atomic mass is 32.2. The van der Waals surface area contributed by atoms with Gasteiger partial charge in [-0.15, -0.1) is 11.8 Å². The molecule has 1 aliphatic heterocycles. The van der Waals surface area contributed by atoms with Crippen LogP contribution in [0.3, 0.4) is 0 Å². The van der Waals surface area contributed by atoms with Crippen LogP contribution < -0.4 is 4.72 Å². The number of halogens is 1. The predicted octanol–water partition coefficient (Wildman–Crippen LogP) is 2.80. The Morgan fingerprint density at radius 3 is 2.39 bits per heavy atom. The lowest BCUT2D eigenvalue weighted by Crippen LogP contribution is -2.23. The molecule has 2 aromatic rings. The highest BCUT2D eigenvalue weighted by Gasteiger charge is 2.14. The highest BCUT2D eigenvalue weighted by molar-refractivity contribution is 8.14. The molecule has 0 fully saturated rings. The molecule has 0 atom stereocenters. The number of aliphatic imine (C=N–C) groups is 1. The minimum atomic E-state index is -3.65. The zero-order chi connectivity index (χ0) is 16.3. The third kappa shape index (κ3) is 3.99. The first-order valence-electron chi connectivity index (χ1n) is 7.06. The number of hydrogen-bond acceptors (Lipinski definition) is 4. The molecule has 0 spiro atoms. The molecule has 1 N–H and O–H groups in total. The number of nitrogens with zero attached hydrogens (tertiary/aromatic N) is 1. The van der Waals surface area contributed by atoms with Crippen LogP contribution in [0.15, 0.2) is 58.4 Å². The van der Waals surface area contributed by atoms with E-state index in [1.165, 1.54) is 12.1 Å². The Morgan fingerprint density at radius 2 is 1.78 bits per heavy atom. The molecule has 120 valence electrons. The first-order valence-corrected chi connectivity index (χ1v) is 9.53. The zero-order valence-electron chi connectivity index (χ0n) is 12.2. The first-order chi connectivity index (χ1) is 11.0. The quantitative estimate of drug-likeness (QED) is 0.902. The second kappa shape index (κ2) is 6.82. The fourth-order valence-electron chi connectivity index (χ4n) is 2.15. The van der Waals surface area contributed by atoms with E-state index in [4.69, 9.17) is 0 Å². The molecular weight excluding hydrogens is 335 g/mol. The standard InChI is InChI=1S/C16H15FN2O2S2/c17-14-5-7-15(8-6-14)23(20,21)19-11-12-1-3-13(4-2-12)16-18-9-10-22-16/h1-8,19H,9-11H2. The van der Waals surface area contributed by atoms with Crippen molar-refractivity contribution in [3.05, 3.63) is 65.5 Å². The van der Waals surface area contributed by atoms with Gasteiger partial charge in [0.15, 0.2) is 0 Å². The van der Waals surface area contributed by atoms with Crippen LogP contribution in [-0.4, -0.2) is 25.8 Å². The summed E-state index contributed by atoms with van der Waals surface area (Å²) in [6, 6.07) is 12.4. The van der Waals surface area contributed by atoms with Crippen LogP contribution in [0.25, 0.3) is 0 Å². The second-order valence-electron chi connectivity index (χ2n) is 5.01. The van der Waals surface area contributed by atoms with Crippen LogP contribution in [-0.2, 0) is 16.6 Å². The number of rotatable bonds is 5. The third-order valence-corrected chi connectivity index (χ3v) is 5.82. The molecule has 0 unspecified atom stereocenters. The van der Waals surface area contributed by atoms with Crippen molar-refractivity contribution >= 4 is 26.8 Å². The van der Waals surface area contributed by atoms with Gasteiger partial charge in [-0.05, 0) is 29.8 Å². The average molecular weight is 350 g/mol. The lowest BCUT2D eigenvalue weighted by Gasteiger charge is -2.08. The predicted molar refractivity (Wildman–Crippen MR) is 90.7 cm³/mol. The lowest BCUT2D eigenvalue weighted by atomic mass is 10.1. The molecule has 0 saturated carbocycles. The van der Waals surface area contributed by atoms with Gasteiger partial charge < -0.3 is 0 Å². The molecule has 1 heterocycles. The number of thioether (sulfide) groups is 1. The van der Waals surface area contributed by atoms with Crippen LogP contribution in [0.1, 0.15) is 11.1 Å². The molecule has 2 aromatic carbocycles. The molecule has 0 saturated heterocycles. The van der Waals surface area contributed by atoms with Crippen molar-refractivity contribution in [2.45, 2.75) is 11.4 Å². The van der Waals surface area contributed by atoms with Crippen molar-refractivity contribution in [1.82, 2.24) is 4.72 Å². The van der Waals surface area contributed by atoms with Crippen LogP contribution in [0.5, 0.6) is 0 Å². The second-order valence-corrected chi connectivity index (χ2v) is 7.86. The van der Waals surface area contributed by atoms with Gasteiger partial charge in [0, 0.05) is 24.4 Å². The Morgan fingerprint density at radius 1 is 1.09 bits per heavy atom. The van der Waals surface area contributed by atoms with E-state index >= 15 is 0 Å². The van der Waals surface area contributed by atoms with Crippen molar-refractivity contribution in [2.75, 3.05) is 12.3 Å². The van der Waals surface area contributed by atoms with Gasteiger partial charge >= 0.3 is 0 Å². The van der Waals surface area contributed by atoms with E-state index in [-0.39, 0.29) is 11.4 Å². The summed E-state index contributed by atoms with van der Waals surface area (Å²) < 4.78 is 39.7. The van der Waals surface area contributed by atoms with Gasteiger partial charge in [0.05, 0.1) is 9.94 Å². The van der Waals surface area contributed by atoms with E-state index < -0.39 is 15.8 Å². The molecule has 0 radical (unpaired) electrons. The van der Waals surface area contributed by atoms with Crippen molar-refractivity contribution in [1.29, 1.82) is 0 Å². The average Bonchev–Trinajstić information content (AvgIpc) is 3.08. The molecule has 3 rings (SSSR count). The monoisotopic (exact) mass is 350 g/mol. The lowest BCUT2D eigenvalue weighted by molar-refractivity contribution is 0.580. The number of sulfonamides is 1. The molecule has 4 nitrogen and oxygen atoms in total. The van der Waals surface area contributed by atoms with Gasteiger partial charge in [-0.3, -0.25) is 4.99 Å². The van der Waals surface area contributed by atoms with E-state index in [1.807, 2.05) is 24.3 Å². The van der Waals surface area contributed by atoms with Gasteiger partial charge in [-0.2, -0.15) is 0 Å². The van der Waals surface area contributed by atoms with E-state index in [2.05, 4.69) is 9.71 Å². The molecule has 0 bridgehead atoms. The summed E-state index contributed by atoms with van der Waals surface area (Å²) in [5, 5.41) is 1.03. The molecule has 23 heavy (non-hydrogen) atoms. The summed E-state index contributed by atoms with van der Waals surface area (Å²) >= 11 is 1.73. The summed E-state index contributed by atoms with van der Waals surface area (Å²) in [7, 11) is -3.65. The molecule has 0 aliphatic carbocycles. The third-order valence-electron chi connectivity index (χ3n) is 3.38. The fraction of sp³-hybridized carbons (Fsp3) is 0.188. The Bertz CT molecular complexity index is 816.